The summed E-state index contributed by atoms with van der Waals surface area (Å²) < 4.78 is 0. The van der Waals surface area contributed by atoms with Crippen LogP contribution in [0, 0.1) is 0 Å². The van der Waals surface area contributed by atoms with Gasteiger partial charge in [-0.3, -0.25) is 14.5 Å². The number of carboxylic acids is 2. The second-order valence-corrected chi connectivity index (χ2v) is 5.12. The molecule has 0 bridgehead atoms. The number of nitrogens with zero attached hydrogens (tertiary/aromatic N) is 1. The van der Waals surface area contributed by atoms with E-state index in [0.29, 0.717) is 13.1 Å². The standard InChI is InChI=1S/C10H20N2O4S/c1-10(11,9(15)16)3-4-12(5-6-17-2)7-8(13)14/h3-7,11H2,1-2H3,(H,13,14)(H,15,16). The van der Waals surface area contributed by atoms with Crippen molar-refractivity contribution in [3.05, 3.63) is 0 Å². The molecule has 1 atom stereocenters. The number of hydrogen-bond acceptors (Lipinski definition) is 5. The van der Waals surface area contributed by atoms with Crippen molar-refractivity contribution in [3.63, 3.8) is 0 Å². The smallest absolute Gasteiger partial charge is 0.323 e. The van der Waals surface area contributed by atoms with Crippen molar-refractivity contribution in [2.24, 2.45) is 5.73 Å². The Balaban J connectivity index is 4.23. The molecular formula is C10H20N2O4S. The summed E-state index contributed by atoms with van der Waals surface area (Å²) in [6.45, 7) is 2.33. The molecule has 0 spiro atoms. The molecule has 0 aromatic heterocycles. The van der Waals surface area contributed by atoms with E-state index in [0.717, 1.165) is 5.75 Å². The molecule has 0 aliphatic heterocycles. The molecule has 0 saturated carbocycles. The number of carbonyl (C=O) groups is 2. The number of hydrogen-bond donors (Lipinski definition) is 3. The number of carboxylic acid groups (broad SMARTS) is 2. The summed E-state index contributed by atoms with van der Waals surface area (Å²) in [5, 5.41) is 17.6. The van der Waals surface area contributed by atoms with Crippen LogP contribution in [0.25, 0.3) is 0 Å². The molecule has 0 heterocycles. The fourth-order valence-electron chi connectivity index (χ4n) is 1.18. The summed E-state index contributed by atoms with van der Waals surface area (Å²) in [6, 6.07) is 0. The Morgan fingerprint density at radius 2 is 1.94 bits per heavy atom. The highest BCUT2D eigenvalue weighted by Crippen LogP contribution is 2.08. The molecule has 7 heteroatoms. The lowest BCUT2D eigenvalue weighted by molar-refractivity contribution is -0.143. The average molecular weight is 264 g/mol. The summed E-state index contributed by atoms with van der Waals surface area (Å²) >= 11 is 1.61. The van der Waals surface area contributed by atoms with Gasteiger partial charge in [0.05, 0.1) is 6.54 Å². The van der Waals surface area contributed by atoms with Crippen LogP contribution in [0.1, 0.15) is 13.3 Å². The van der Waals surface area contributed by atoms with Crippen LogP contribution in [0.2, 0.25) is 0 Å². The van der Waals surface area contributed by atoms with Crippen molar-refractivity contribution < 1.29 is 19.8 Å². The van der Waals surface area contributed by atoms with Crippen molar-refractivity contribution in [2.75, 3.05) is 31.6 Å². The highest BCUT2D eigenvalue weighted by atomic mass is 32.2. The second kappa shape index (κ2) is 7.52. The van der Waals surface area contributed by atoms with Crippen LogP contribution in [-0.2, 0) is 9.59 Å². The molecule has 4 N–H and O–H groups in total. The third-order valence-corrected chi connectivity index (χ3v) is 3.00. The topological polar surface area (TPSA) is 104 Å². The van der Waals surface area contributed by atoms with Crippen LogP contribution in [-0.4, -0.2) is 64.2 Å². The van der Waals surface area contributed by atoms with Gasteiger partial charge in [-0.05, 0) is 19.6 Å². The maximum Gasteiger partial charge on any atom is 0.323 e. The summed E-state index contributed by atoms with van der Waals surface area (Å²) in [7, 11) is 0. The van der Waals surface area contributed by atoms with Crippen molar-refractivity contribution in [1.82, 2.24) is 4.90 Å². The van der Waals surface area contributed by atoms with E-state index in [2.05, 4.69) is 0 Å². The highest BCUT2D eigenvalue weighted by Gasteiger charge is 2.28. The Morgan fingerprint density at radius 3 is 2.35 bits per heavy atom. The van der Waals surface area contributed by atoms with Gasteiger partial charge in [-0.2, -0.15) is 11.8 Å². The SMILES string of the molecule is CSCCN(CCC(C)(N)C(=O)O)CC(=O)O. The van der Waals surface area contributed by atoms with Crippen LogP contribution >= 0.6 is 11.8 Å². The largest absolute Gasteiger partial charge is 0.480 e. The third kappa shape index (κ3) is 7.19. The van der Waals surface area contributed by atoms with Gasteiger partial charge in [0.25, 0.3) is 0 Å². The lowest BCUT2D eigenvalue weighted by Gasteiger charge is -2.25. The lowest BCUT2D eigenvalue weighted by atomic mass is 9.99. The highest BCUT2D eigenvalue weighted by molar-refractivity contribution is 7.98. The molecule has 1 unspecified atom stereocenters. The van der Waals surface area contributed by atoms with Crippen LogP contribution in [0.3, 0.4) is 0 Å². The van der Waals surface area contributed by atoms with Crippen LogP contribution in [0.4, 0.5) is 0 Å². The van der Waals surface area contributed by atoms with Crippen molar-refractivity contribution in [1.29, 1.82) is 0 Å². The second-order valence-electron chi connectivity index (χ2n) is 4.14. The Hall–Kier alpha value is -0.790. The monoisotopic (exact) mass is 264 g/mol. The number of aliphatic carboxylic acids is 2. The van der Waals surface area contributed by atoms with E-state index in [1.54, 1.807) is 16.7 Å². The first-order valence-corrected chi connectivity index (χ1v) is 6.64. The van der Waals surface area contributed by atoms with Gasteiger partial charge in [0.1, 0.15) is 5.54 Å². The van der Waals surface area contributed by atoms with Crippen LogP contribution in [0.5, 0.6) is 0 Å². The Bertz CT molecular complexity index is 271. The Labute approximate surface area is 105 Å². The molecule has 0 rings (SSSR count). The van der Waals surface area contributed by atoms with Crippen molar-refractivity contribution >= 4 is 23.7 Å². The summed E-state index contributed by atoms with van der Waals surface area (Å²) in [5.41, 5.74) is 4.28. The van der Waals surface area contributed by atoms with E-state index in [1.807, 2.05) is 6.26 Å². The predicted octanol–water partition coefficient (Wildman–Crippen LogP) is -0.0719. The molecule has 0 aliphatic rings. The van der Waals surface area contributed by atoms with E-state index < -0.39 is 17.5 Å². The molecule has 0 amide bonds. The molecule has 0 saturated heterocycles. The fourth-order valence-corrected chi connectivity index (χ4v) is 1.62. The van der Waals surface area contributed by atoms with Gasteiger partial charge >= 0.3 is 11.9 Å². The summed E-state index contributed by atoms with van der Waals surface area (Å²) in [6.07, 6.45) is 2.16. The van der Waals surface area contributed by atoms with Gasteiger partial charge in [-0.25, -0.2) is 0 Å². The third-order valence-electron chi connectivity index (χ3n) is 2.41. The van der Waals surface area contributed by atoms with E-state index in [1.165, 1.54) is 6.92 Å². The average Bonchev–Trinajstić information content (AvgIpc) is 2.21. The zero-order valence-corrected chi connectivity index (χ0v) is 11.0. The molecule has 0 fully saturated rings. The predicted molar refractivity (Wildman–Crippen MR) is 67.3 cm³/mol. The van der Waals surface area contributed by atoms with Crippen molar-refractivity contribution in [2.45, 2.75) is 18.9 Å². The van der Waals surface area contributed by atoms with E-state index in [4.69, 9.17) is 15.9 Å². The van der Waals surface area contributed by atoms with E-state index in [-0.39, 0.29) is 13.0 Å². The van der Waals surface area contributed by atoms with Gasteiger partial charge in [0.15, 0.2) is 0 Å². The quantitative estimate of drug-likeness (QED) is 0.535. The first-order valence-electron chi connectivity index (χ1n) is 5.25. The molecular weight excluding hydrogens is 244 g/mol. The first kappa shape index (κ1) is 16.2. The normalized spacial score (nSPS) is 14.6. The molecule has 6 nitrogen and oxygen atoms in total. The van der Waals surface area contributed by atoms with Gasteiger partial charge < -0.3 is 15.9 Å². The first-order chi connectivity index (χ1) is 7.79. The van der Waals surface area contributed by atoms with Gasteiger partial charge in [-0.15, -0.1) is 0 Å². The zero-order chi connectivity index (χ0) is 13.5. The van der Waals surface area contributed by atoms with Crippen LogP contribution < -0.4 is 5.73 Å². The Kier molecular flexibility index (Phi) is 7.17. The lowest BCUT2D eigenvalue weighted by Crippen LogP contribution is -2.48. The minimum absolute atomic E-state index is 0.0870. The minimum Gasteiger partial charge on any atom is -0.480 e. The molecule has 100 valence electrons. The molecule has 17 heavy (non-hydrogen) atoms. The number of thioether (sulfide) groups is 1. The van der Waals surface area contributed by atoms with Crippen molar-refractivity contribution in [3.8, 4) is 0 Å². The summed E-state index contributed by atoms with van der Waals surface area (Å²) in [4.78, 5) is 23.1. The minimum atomic E-state index is -1.31. The molecule has 0 aliphatic carbocycles. The van der Waals surface area contributed by atoms with Gasteiger partial charge in [0.2, 0.25) is 0 Å². The summed E-state index contributed by atoms with van der Waals surface area (Å²) in [5.74, 6) is -1.18. The van der Waals surface area contributed by atoms with E-state index >= 15 is 0 Å². The maximum absolute atomic E-state index is 10.8. The fraction of sp³-hybridized carbons (Fsp3) is 0.800. The maximum atomic E-state index is 10.8. The van der Waals surface area contributed by atoms with Gasteiger partial charge in [-0.1, -0.05) is 0 Å². The van der Waals surface area contributed by atoms with Gasteiger partial charge in [0, 0.05) is 18.8 Å². The van der Waals surface area contributed by atoms with E-state index in [9.17, 15) is 9.59 Å². The Morgan fingerprint density at radius 1 is 1.35 bits per heavy atom. The molecule has 0 aromatic rings. The number of nitrogens with two attached hydrogens (primary N) is 1. The molecule has 0 radical (unpaired) electrons. The molecule has 0 aromatic carbocycles. The zero-order valence-electron chi connectivity index (χ0n) is 10.2. The van der Waals surface area contributed by atoms with Crippen LogP contribution in [0.15, 0.2) is 0 Å². The number of rotatable bonds is 9.